The molecule has 1 fully saturated rings. The van der Waals surface area contributed by atoms with E-state index in [0.29, 0.717) is 12.0 Å². The highest BCUT2D eigenvalue weighted by Crippen LogP contribution is 2.50. The second kappa shape index (κ2) is 9.48. The monoisotopic (exact) mass is 394 g/mol. The maximum atomic E-state index is 10.6. The van der Waals surface area contributed by atoms with Crippen molar-refractivity contribution < 1.29 is 30.3 Å². The van der Waals surface area contributed by atoms with Crippen molar-refractivity contribution in [3.8, 4) is 0 Å². The van der Waals surface area contributed by atoms with Gasteiger partial charge in [0.25, 0.3) is 0 Å². The van der Waals surface area contributed by atoms with Crippen LogP contribution >= 0.6 is 0 Å². The third kappa shape index (κ3) is 5.20. The number of allylic oxidation sites excluding steroid dienone is 3. The van der Waals surface area contributed by atoms with Crippen molar-refractivity contribution in [2.75, 3.05) is 6.61 Å². The molecule has 1 heterocycles. The van der Waals surface area contributed by atoms with Crippen molar-refractivity contribution in [3.63, 3.8) is 0 Å². The minimum absolute atomic E-state index is 0.294. The van der Waals surface area contributed by atoms with Crippen LogP contribution in [0.15, 0.2) is 46.6 Å². The van der Waals surface area contributed by atoms with Crippen LogP contribution in [0.5, 0.6) is 0 Å². The first-order valence-corrected chi connectivity index (χ1v) is 9.81. The van der Waals surface area contributed by atoms with Crippen LogP contribution in [0, 0.1) is 0 Å². The number of aliphatic hydroxyl groups excluding tert-OH is 5. The smallest absolute Gasteiger partial charge is 0.156 e. The molecule has 6 atom stereocenters. The third-order valence-corrected chi connectivity index (χ3v) is 5.41. The summed E-state index contributed by atoms with van der Waals surface area (Å²) < 4.78 is 5.48. The molecule has 2 rings (SSSR count). The molecule has 6 heteroatoms. The molecular formula is C22H34O6. The molecule has 0 bridgehead atoms. The Kier molecular flexibility index (Phi) is 7.79. The highest BCUT2D eigenvalue weighted by molar-refractivity contribution is 5.35. The van der Waals surface area contributed by atoms with Crippen LogP contribution in [0.2, 0.25) is 0 Å². The van der Waals surface area contributed by atoms with Crippen LogP contribution in [-0.2, 0) is 4.74 Å². The molecule has 6 unspecified atom stereocenters. The number of aliphatic hydroxyl groups is 5. The first-order chi connectivity index (χ1) is 13.1. The summed E-state index contributed by atoms with van der Waals surface area (Å²) in [6, 6.07) is 0. The average molecular weight is 395 g/mol. The van der Waals surface area contributed by atoms with E-state index in [1.54, 1.807) is 13.0 Å². The largest absolute Gasteiger partial charge is 0.392 e. The molecule has 2 aliphatic rings. The third-order valence-electron chi connectivity index (χ3n) is 5.41. The van der Waals surface area contributed by atoms with Gasteiger partial charge in [0.1, 0.15) is 24.4 Å². The van der Waals surface area contributed by atoms with Gasteiger partial charge in [0.2, 0.25) is 0 Å². The lowest BCUT2D eigenvalue weighted by Crippen LogP contribution is -2.48. The summed E-state index contributed by atoms with van der Waals surface area (Å²) in [7, 11) is 0. The Hall–Kier alpha value is -1.28. The second-order valence-electron chi connectivity index (χ2n) is 8.24. The molecule has 158 valence electrons. The Labute approximate surface area is 167 Å². The maximum Gasteiger partial charge on any atom is 0.156 e. The average Bonchev–Trinajstić information content (AvgIpc) is 3.35. The Balaban J connectivity index is 1.96. The maximum absolute atomic E-state index is 10.6. The second-order valence-corrected chi connectivity index (χ2v) is 8.24. The minimum Gasteiger partial charge on any atom is -0.392 e. The zero-order chi connectivity index (χ0) is 21.1. The van der Waals surface area contributed by atoms with Crippen LogP contribution in [0.3, 0.4) is 0 Å². The molecule has 0 aromatic carbocycles. The highest BCUT2D eigenvalue weighted by atomic mass is 16.6. The topological polar surface area (TPSA) is 114 Å². The van der Waals surface area contributed by atoms with Gasteiger partial charge in [0.15, 0.2) is 5.60 Å². The number of fused-ring (bicyclic) bond motifs is 1. The number of hydrogen-bond acceptors (Lipinski definition) is 6. The normalized spacial score (nSPS) is 32.3. The zero-order valence-electron chi connectivity index (χ0n) is 17.2. The van der Waals surface area contributed by atoms with E-state index in [1.165, 1.54) is 11.6 Å². The first-order valence-electron chi connectivity index (χ1n) is 9.81. The van der Waals surface area contributed by atoms with Crippen molar-refractivity contribution in [3.05, 3.63) is 46.6 Å². The summed E-state index contributed by atoms with van der Waals surface area (Å²) in [6.07, 6.45) is 4.36. The number of hydrogen-bond donors (Lipinski definition) is 5. The van der Waals surface area contributed by atoms with Gasteiger partial charge >= 0.3 is 0 Å². The van der Waals surface area contributed by atoms with Gasteiger partial charge in [-0.1, -0.05) is 34.9 Å². The number of rotatable bonds is 9. The van der Waals surface area contributed by atoms with E-state index in [1.807, 2.05) is 13.0 Å². The van der Waals surface area contributed by atoms with Gasteiger partial charge in [-0.2, -0.15) is 0 Å². The molecule has 1 aliphatic heterocycles. The van der Waals surface area contributed by atoms with Gasteiger partial charge in [0.05, 0.1) is 12.7 Å². The van der Waals surface area contributed by atoms with E-state index in [9.17, 15) is 25.5 Å². The van der Waals surface area contributed by atoms with E-state index in [4.69, 9.17) is 4.74 Å². The minimum atomic E-state index is -1.29. The fraction of sp³-hybridized carbons (Fsp3) is 0.636. The molecule has 1 saturated heterocycles. The molecule has 6 nitrogen and oxygen atoms in total. The number of ether oxygens (including phenoxy) is 1. The van der Waals surface area contributed by atoms with Crippen molar-refractivity contribution in [2.45, 2.75) is 83.1 Å². The van der Waals surface area contributed by atoms with Gasteiger partial charge in [0, 0.05) is 0 Å². The molecule has 0 amide bonds. The number of epoxide rings is 1. The molecule has 1 aliphatic carbocycles. The van der Waals surface area contributed by atoms with Crippen molar-refractivity contribution >= 4 is 0 Å². The highest BCUT2D eigenvalue weighted by Gasteiger charge is 2.69. The molecule has 0 aromatic rings. The van der Waals surface area contributed by atoms with Gasteiger partial charge in [-0.15, -0.1) is 0 Å². The summed E-state index contributed by atoms with van der Waals surface area (Å²) in [5, 5.41) is 50.6. The SMILES string of the molecule is CC(C)=CCCC(C)=CC(O)CC(C)=CC(O)C12OC1C(O)C(CO)=CC2O. The summed E-state index contributed by atoms with van der Waals surface area (Å²) in [5.41, 5.74) is 2.14. The van der Waals surface area contributed by atoms with Crippen LogP contribution in [0.25, 0.3) is 0 Å². The predicted octanol–water partition coefficient (Wildman–Crippen LogP) is 1.53. The Morgan fingerprint density at radius 3 is 2.43 bits per heavy atom. The van der Waals surface area contributed by atoms with E-state index in [2.05, 4.69) is 19.9 Å². The fourth-order valence-electron chi connectivity index (χ4n) is 3.78. The zero-order valence-corrected chi connectivity index (χ0v) is 17.2. The van der Waals surface area contributed by atoms with Gasteiger partial charge < -0.3 is 30.3 Å². The lowest BCUT2D eigenvalue weighted by molar-refractivity contribution is 0.0265. The molecule has 0 spiro atoms. The lowest BCUT2D eigenvalue weighted by Gasteiger charge is -2.28. The fourth-order valence-corrected chi connectivity index (χ4v) is 3.78. The van der Waals surface area contributed by atoms with Crippen molar-refractivity contribution in [1.82, 2.24) is 0 Å². The van der Waals surface area contributed by atoms with Gasteiger partial charge in [-0.25, -0.2) is 0 Å². The molecule has 5 N–H and O–H groups in total. The van der Waals surface area contributed by atoms with Crippen LogP contribution in [0.4, 0.5) is 0 Å². The van der Waals surface area contributed by atoms with E-state index in [-0.39, 0.29) is 6.61 Å². The van der Waals surface area contributed by atoms with Gasteiger partial charge in [-0.05, 0) is 58.6 Å². The van der Waals surface area contributed by atoms with E-state index >= 15 is 0 Å². The molecule has 0 radical (unpaired) electrons. The van der Waals surface area contributed by atoms with Crippen molar-refractivity contribution in [1.29, 1.82) is 0 Å². The Morgan fingerprint density at radius 1 is 1.14 bits per heavy atom. The molecule has 0 saturated carbocycles. The molecule has 0 aromatic heterocycles. The summed E-state index contributed by atoms with van der Waals surface area (Å²) in [5.74, 6) is 0. The Morgan fingerprint density at radius 2 is 1.82 bits per heavy atom. The Bertz CT molecular complexity index is 673. The van der Waals surface area contributed by atoms with Gasteiger partial charge in [-0.3, -0.25) is 0 Å². The van der Waals surface area contributed by atoms with E-state index in [0.717, 1.165) is 24.0 Å². The standard InChI is InChI=1S/C22H34O6/c1-13(2)6-5-7-14(3)8-17(24)9-15(4)10-18(25)22-19(26)11-16(12-23)20(27)21(22)28-22/h6,8,10-11,17-21,23-27H,5,7,9,12H2,1-4H3. The predicted molar refractivity (Wildman–Crippen MR) is 108 cm³/mol. The van der Waals surface area contributed by atoms with Crippen LogP contribution in [-0.4, -0.2) is 68.3 Å². The van der Waals surface area contributed by atoms with E-state index < -0.39 is 36.1 Å². The van der Waals surface area contributed by atoms with Crippen LogP contribution in [0.1, 0.15) is 47.0 Å². The quantitative estimate of drug-likeness (QED) is 0.299. The summed E-state index contributed by atoms with van der Waals surface area (Å²) in [4.78, 5) is 0. The molecular weight excluding hydrogens is 360 g/mol. The summed E-state index contributed by atoms with van der Waals surface area (Å²) >= 11 is 0. The van der Waals surface area contributed by atoms with Crippen LogP contribution < -0.4 is 0 Å². The molecule has 28 heavy (non-hydrogen) atoms. The van der Waals surface area contributed by atoms with Crippen molar-refractivity contribution in [2.24, 2.45) is 0 Å². The summed E-state index contributed by atoms with van der Waals surface area (Å²) in [6.45, 7) is 7.54. The first kappa shape index (κ1) is 23.0. The lowest BCUT2D eigenvalue weighted by atomic mass is 9.81.